The van der Waals surface area contributed by atoms with Crippen LogP contribution in [-0.4, -0.2) is 4.57 Å². The maximum Gasteiger partial charge on any atom is 0.0547 e. The average molecular weight is 717 g/mol. The zero-order chi connectivity index (χ0) is 37.3. The molecule has 1 N–H and O–H groups in total. The largest absolute Gasteiger partial charge is 0.355 e. The summed E-state index contributed by atoms with van der Waals surface area (Å²) >= 11 is 0. The van der Waals surface area contributed by atoms with E-state index >= 15 is 0 Å². The van der Waals surface area contributed by atoms with E-state index in [2.05, 4.69) is 228 Å². The van der Waals surface area contributed by atoms with Crippen molar-refractivity contribution in [3.05, 3.63) is 224 Å². The van der Waals surface area contributed by atoms with Crippen LogP contribution < -0.4 is 5.32 Å². The van der Waals surface area contributed by atoms with Gasteiger partial charge in [0.15, 0.2) is 0 Å². The van der Waals surface area contributed by atoms with Crippen LogP contribution in [0.4, 0.5) is 11.4 Å². The molecule has 2 nitrogen and oxygen atoms in total. The Morgan fingerprint density at radius 3 is 1.71 bits per heavy atom. The summed E-state index contributed by atoms with van der Waals surface area (Å²) < 4.78 is 2.42. The molecule has 8 aromatic carbocycles. The van der Waals surface area contributed by atoms with Crippen molar-refractivity contribution in [1.29, 1.82) is 0 Å². The highest BCUT2D eigenvalue weighted by Crippen LogP contribution is 2.40. The maximum absolute atomic E-state index is 3.92. The molecule has 10 rings (SSSR count). The summed E-state index contributed by atoms with van der Waals surface area (Å²) in [5.41, 5.74) is 16.4. The summed E-state index contributed by atoms with van der Waals surface area (Å²) in [5.74, 6) is 0.422. The van der Waals surface area contributed by atoms with E-state index in [1.54, 1.807) is 0 Å². The highest BCUT2D eigenvalue weighted by atomic mass is 15.0. The molecule has 0 fully saturated rings. The van der Waals surface area contributed by atoms with Crippen LogP contribution in [0.5, 0.6) is 0 Å². The van der Waals surface area contributed by atoms with E-state index in [-0.39, 0.29) is 0 Å². The van der Waals surface area contributed by atoms with Gasteiger partial charge in [-0.15, -0.1) is 0 Å². The summed E-state index contributed by atoms with van der Waals surface area (Å²) in [6.45, 7) is 0. The van der Waals surface area contributed by atoms with E-state index in [1.807, 2.05) is 0 Å². The second kappa shape index (κ2) is 14.6. The lowest BCUT2D eigenvalue weighted by molar-refractivity contribution is 0.853. The van der Waals surface area contributed by atoms with E-state index in [9.17, 15) is 0 Å². The van der Waals surface area contributed by atoms with Crippen molar-refractivity contribution in [3.63, 3.8) is 0 Å². The fourth-order valence-corrected chi connectivity index (χ4v) is 8.27. The number of nitrogens with one attached hydrogen (secondary N) is 1. The maximum atomic E-state index is 3.92. The van der Waals surface area contributed by atoms with Crippen molar-refractivity contribution in [1.82, 2.24) is 4.57 Å². The first-order valence-electron chi connectivity index (χ1n) is 19.4. The summed E-state index contributed by atoms with van der Waals surface area (Å²) in [6, 6.07) is 70.5. The van der Waals surface area contributed by atoms with Crippen LogP contribution >= 0.6 is 0 Å². The highest BCUT2D eigenvalue weighted by molar-refractivity contribution is 6.10. The normalized spacial score (nSPS) is 13.7. The molecular formula is C54H40N2. The fraction of sp³-hybridized carbons (Fsp3) is 0.0370. The Bertz CT molecular complexity index is 2820. The molecule has 1 unspecified atom stereocenters. The lowest BCUT2D eigenvalue weighted by atomic mass is 9.92. The van der Waals surface area contributed by atoms with Crippen molar-refractivity contribution in [2.75, 3.05) is 5.32 Å². The van der Waals surface area contributed by atoms with Gasteiger partial charge >= 0.3 is 0 Å². The minimum Gasteiger partial charge on any atom is -0.355 e. The van der Waals surface area contributed by atoms with Crippen molar-refractivity contribution >= 4 is 33.2 Å². The predicted molar refractivity (Wildman–Crippen MR) is 238 cm³/mol. The summed E-state index contributed by atoms with van der Waals surface area (Å²) in [6.07, 6.45) is 9.90. The lowest BCUT2D eigenvalue weighted by Crippen LogP contribution is -1.98. The Hall–Kier alpha value is -7.16. The molecule has 1 aliphatic carbocycles. The first-order chi connectivity index (χ1) is 27.7. The first-order valence-corrected chi connectivity index (χ1v) is 19.4. The smallest absolute Gasteiger partial charge is 0.0547 e. The number of hydrogen-bond donors (Lipinski definition) is 1. The quantitative estimate of drug-likeness (QED) is 0.166. The molecule has 0 aliphatic heterocycles. The van der Waals surface area contributed by atoms with E-state index in [0.29, 0.717) is 5.92 Å². The van der Waals surface area contributed by atoms with Gasteiger partial charge in [-0.1, -0.05) is 170 Å². The lowest BCUT2D eigenvalue weighted by Gasteiger charge is -2.17. The number of fused-ring (bicyclic) bond motifs is 3. The topological polar surface area (TPSA) is 17.0 Å². The molecule has 0 radical (unpaired) electrons. The van der Waals surface area contributed by atoms with Crippen LogP contribution in [0.2, 0.25) is 0 Å². The van der Waals surface area contributed by atoms with Gasteiger partial charge in [0.05, 0.1) is 11.0 Å². The Balaban J connectivity index is 1.09. The van der Waals surface area contributed by atoms with Crippen LogP contribution in [0, 0.1) is 0 Å². The number of anilines is 2. The molecule has 0 amide bonds. The SMILES string of the molecule is C1=CCC(c2ccc(-n3c4ccccc4c4ccc(-c5ccc(-c6ccccc6)c(Nc6cc(-c7ccccc7)cc(-c7ccccc7)c6)c5)cc43)cc2)C=C1. The number of hydrogen-bond acceptors (Lipinski definition) is 1. The van der Waals surface area contributed by atoms with Crippen LogP contribution in [0.15, 0.2) is 218 Å². The van der Waals surface area contributed by atoms with Crippen molar-refractivity contribution in [2.24, 2.45) is 0 Å². The van der Waals surface area contributed by atoms with Gasteiger partial charge in [0.2, 0.25) is 0 Å². The van der Waals surface area contributed by atoms with Gasteiger partial charge < -0.3 is 9.88 Å². The van der Waals surface area contributed by atoms with Gasteiger partial charge in [0, 0.05) is 39.3 Å². The van der Waals surface area contributed by atoms with Crippen molar-refractivity contribution in [2.45, 2.75) is 12.3 Å². The van der Waals surface area contributed by atoms with Gasteiger partial charge in [0.25, 0.3) is 0 Å². The number of nitrogens with zero attached hydrogens (tertiary/aromatic N) is 1. The molecular weight excluding hydrogens is 677 g/mol. The summed E-state index contributed by atoms with van der Waals surface area (Å²) in [4.78, 5) is 0. The van der Waals surface area contributed by atoms with Gasteiger partial charge in [-0.2, -0.15) is 0 Å². The van der Waals surface area contributed by atoms with Gasteiger partial charge in [-0.25, -0.2) is 0 Å². The van der Waals surface area contributed by atoms with Gasteiger partial charge in [0.1, 0.15) is 0 Å². The molecule has 0 bridgehead atoms. The zero-order valence-electron chi connectivity index (χ0n) is 31.0. The summed E-state index contributed by atoms with van der Waals surface area (Å²) in [5, 5.41) is 6.42. The summed E-state index contributed by atoms with van der Waals surface area (Å²) in [7, 11) is 0. The first kappa shape index (κ1) is 33.4. The fourth-order valence-electron chi connectivity index (χ4n) is 8.27. The molecule has 1 atom stereocenters. The minimum atomic E-state index is 0.422. The molecule has 0 saturated heterocycles. The van der Waals surface area contributed by atoms with Crippen LogP contribution in [0.3, 0.4) is 0 Å². The van der Waals surface area contributed by atoms with Crippen molar-refractivity contribution < 1.29 is 0 Å². The Kier molecular flexibility index (Phi) is 8.70. The van der Waals surface area contributed by atoms with Gasteiger partial charge in [-0.3, -0.25) is 0 Å². The number of benzene rings is 8. The van der Waals surface area contributed by atoms with E-state index < -0.39 is 0 Å². The third kappa shape index (κ3) is 6.42. The second-order valence-electron chi connectivity index (χ2n) is 14.6. The van der Waals surface area contributed by atoms with Crippen LogP contribution in [0.25, 0.3) is 72.0 Å². The Labute approximate surface area is 328 Å². The van der Waals surface area contributed by atoms with Gasteiger partial charge in [-0.05, 0) is 99.5 Å². The zero-order valence-corrected chi connectivity index (χ0v) is 31.0. The molecule has 9 aromatic rings. The number of allylic oxidation sites excluding steroid dienone is 4. The molecule has 56 heavy (non-hydrogen) atoms. The highest BCUT2D eigenvalue weighted by Gasteiger charge is 2.16. The minimum absolute atomic E-state index is 0.422. The molecule has 1 heterocycles. The Morgan fingerprint density at radius 2 is 1.04 bits per heavy atom. The Morgan fingerprint density at radius 1 is 0.429 bits per heavy atom. The monoisotopic (exact) mass is 716 g/mol. The van der Waals surface area contributed by atoms with Crippen molar-refractivity contribution in [3.8, 4) is 50.2 Å². The van der Waals surface area contributed by atoms with Crippen LogP contribution in [0.1, 0.15) is 17.9 Å². The molecule has 1 aromatic heterocycles. The predicted octanol–water partition coefficient (Wildman–Crippen LogP) is 14.8. The third-order valence-electron chi connectivity index (χ3n) is 11.1. The number of aromatic nitrogens is 1. The van der Waals surface area contributed by atoms with Crippen LogP contribution in [-0.2, 0) is 0 Å². The number of para-hydroxylation sites is 1. The molecule has 0 spiro atoms. The molecule has 1 aliphatic rings. The van der Waals surface area contributed by atoms with E-state index in [1.165, 1.54) is 66.4 Å². The standard InChI is InChI=1S/C54H40N2/c1-5-15-38(16-6-1)41-25-29-48(30-26-41)56-53-24-14-13-23-50(53)51-32-28-44(37-54(51)56)43-27-31-49(42-21-11-4-12-22-42)52(36-43)55-47-34-45(39-17-7-2-8-18-39)33-46(35-47)40-19-9-3-10-20-40/h1-15,17-38,55H,16H2. The number of rotatable bonds is 8. The molecule has 266 valence electrons. The molecule has 0 saturated carbocycles. The average Bonchev–Trinajstić information content (AvgIpc) is 3.61. The molecule has 2 heteroatoms. The second-order valence-corrected chi connectivity index (χ2v) is 14.6. The van der Waals surface area contributed by atoms with E-state index in [0.717, 1.165) is 28.9 Å². The third-order valence-corrected chi connectivity index (χ3v) is 11.1. The van der Waals surface area contributed by atoms with E-state index in [4.69, 9.17) is 0 Å².